The molecule has 0 radical (unpaired) electrons. The molecular weight excluding hydrogens is 246 g/mol. The average Bonchev–Trinajstić information content (AvgIpc) is 2.88. The van der Waals surface area contributed by atoms with E-state index in [4.69, 9.17) is 0 Å². The molecule has 2 rings (SSSR count). The van der Waals surface area contributed by atoms with E-state index in [-0.39, 0.29) is 24.9 Å². The number of hydrogen-bond acceptors (Lipinski definition) is 3. The number of carboxylic acid groups (broad SMARTS) is 1. The molecule has 1 aliphatic carbocycles. The van der Waals surface area contributed by atoms with Crippen molar-refractivity contribution in [1.82, 2.24) is 4.90 Å². The molecule has 1 saturated carbocycles. The molecule has 0 spiro atoms. The van der Waals surface area contributed by atoms with E-state index in [0.717, 1.165) is 25.7 Å². The Hall–Kier alpha value is -1.10. The first-order chi connectivity index (χ1) is 9.07. The zero-order valence-corrected chi connectivity index (χ0v) is 11.3. The van der Waals surface area contributed by atoms with Crippen LogP contribution < -0.4 is 0 Å². The third kappa shape index (κ3) is 3.08. The lowest BCUT2D eigenvalue weighted by molar-refractivity contribution is -0.154. The monoisotopic (exact) mass is 269 g/mol. The zero-order valence-electron chi connectivity index (χ0n) is 11.3. The average molecular weight is 269 g/mol. The van der Waals surface area contributed by atoms with Crippen molar-refractivity contribution in [2.24, 2.45) is 11.3 Å². The van der Waals surface area contributed by atoms with Crippen LogP contribution in [0.1, 0.15) is 44.9 Å². The van der Waals surface area contributed by atoms with Crippen molar-refractivity contribution in [2.45, 2.75) is 44.9 Å². The molecule has 1 aliphatic heterocycles. The summed E-state index contributed by atoms with van der Waals surface area (Å²) in [5.74, 6) is -0.724. The molecule has 1 saturated heterocycles. The highest BCUT2D eigenvalue weighted by molar-refractivity contribution is 5.85. The van der Waals surface area contributed by atoms with Gasteiger partial charge in [-0.05, 0) is 31.6 Å². The Bertz CT molecular complexity index is 349. The molecule has 0 aromatic rings. The molecule has 0 aromatic heterocycles. The van der Waals surface area contributed by atoms with Gasteiger partial charge in [0.05, 0.1) is 5.41 Å². The van der Waals surface area contributed by atoms with E-state index in [0.29, 0.717) is 25.9 Å². The molecule has 108 valence electrons. The van der Waals surface area contributed by atoms with Gasteiger partial charge in [0.25, 0.3) is 0 Å². The minimum Gasteiger partial charge on any atom is -0.481 e. The number of amides is 1. The minimum absolute atomic E-state index is 0.0533. The summed E-state index contributed by atoms with van der Waals surface area (Å²) < 4.78 is 0. The van der Waals surface area contributed by atoms with Crippen molar-refractivity contribution >= 4 is 11.9 Å². The topological polar surface area (TPSA) is 77.8 Å². The van der Waals surface area contributed by atoms with Crippen LogP contribution in [0.4, 0.5) is 0 Å². The Balaban J connectivity index is 1.97. The number of piperidine rings is 1. The van der Waals surface area contributed by atoms with Crippen molar-refractivity contribution in [3.05, 3.63) is 0 Å². The molecule has 2 fully saturated rings. The van der Waals surface area contributed by atoms with E-state index >= 15 is 0 Å². The molecular formula is C14H23NO4. The standard InChI is InChI=1S/C14H23NO4/c16-10-11-4-3-7-15(9-11)12(17)8-14(13(18)19)5-1-2-6-14/h11,16H,1-10H2,(H,18,19). The highest BCUT2D eigenvalue weighted by Gasteiger charge is 2.44. The van der Waals surface area contributed by atoms with Crippen LogP contribution >= 0.6 is 0 Å². The van der Waals surface area contributed by atoms with Crippen molar-refractivity contribution in [1.29, 1.82) is 0 Å². The first kappa shape index (κ1) is 14.3. The second kappa shape index (κ2) is 5.90. The maximum atomic E-state index is 12.3. The molecule has 19 heavy (non-hydrogen) atoms. The molecule has 1 atom stereocenters. The third-order valence-electron chi connectivity index (χ3n) is 4.63. The predicted molar refractivity (Wildman–Crippen MR) is 69.5 cm³/mol. The highest BCUT2D eigenvalue weighted by atomic mass is 16.4. The van der Waals surface area contributed by atoms with E-state index in [1.165, 1.54) is 0 Å². The number of likely N-dealkylation sites (tertiary alicyclic amines) is 1. The number of rotatable bonds is 4. The summed E-state index contributed by atoms with van der Waals surface area (Å²) in [6.45, 7) is 1.38. The van der Waals surface area contributed by atoms with Gasteiger partial charge in [0.2, 0.25) is 5.91 Å². The minimum atomic E-state index is -0.830. The smallest absolute Gasteiger partial charge is 0.310 e. The van der Waals surface area contributed by atoms with Gasteiger partial charge >= 0.3 is 5.97 Å². The van der Waals surface area contributed by atoms with Crippen LogP contribution in [0.5, 0.6) is 0 Å². The van der Waals surface area contributed by atoms with Gasteiger partial charge in [-0.25, -0.2) is 0 Å². The van der Waals surface area contributed by atoms with E-state index in [9.17, 15) is 19.8 Å². The molecule has 2 aliphatic rings. The zero-order chi connectivity index (χ0) is 13.9. The lowest BCUT2D eigenvalue weighted by Gasteiger charge is -2.34. The van der Waals surface area contributed by atoms with E-state index in [2.05, 4.69) is 0 Å². The number of carboxylic acids is 1. The van der Waals surface area contributed by atoms with Gasteiger partial charge < -0.3 is 15.1 Å². The number of carbonyl (C=O) groups excluding carboxylic acids is 1. The van der Waals surface area contributed by atoms with Gasteiger partial charge in [0.15, 0.2) is 0 Å². The fourth-order valence-electron chi connectivity index (χ4n) is 3.36. The molecule has 0 bridgehead atoms. The predicted octanol–water partition coefficient (Wildman–Crippen LogP) is 1.25. The van der Waals surface area contributed by atoms with Gasteiger partial charge in [-0.1, -0.05) is 12.8 Å². The number of aliphatic carboxylic acids is 1. The molecule has 1 unspecified atom stereocenters. The van der Waals surface area contributed by atoms with E-state index < -0.39 is 11.4 Å². The van der Waals surface area contributed by atoms with Gasteiger partial charge in [-0.15, -0.1) is 0 Å². The summed E-state index contributed by atoms with van der Waals surface area (Å²) in [4.78, 5) is 25.5. The Morgan fingerprint density at radius 1 is 1.21 bits per heavy atom. The van der Waals surface area contributed by atoms with Gasteiger partial charge in [0.1, 0.15) is 0 Å². The Morgan fingerprint density at radius 3 is 2.47 bits per heavy atom. The lowest BCUT2D eigenvalue weighted by atomic mass is 9.82. The summed E-state index contributed by atoms with van der Waals surface area (Å²) in [5, 5.41) is 18.6. The summed E-state index contributed by atoms with van der Waals surface area (Å²) >= 11 is 0. The second-order valence-corrected chi connectivity index (χ2v) is 6.00. The third-order valence-corrected chi connectivity index (χ3v) is 4.63. The van der Waals surface area contributed by atoms with Crippen LogP contribution in [0.3, 0.4) is 0 Å². The first-order valence-electron chi connectivity index (χ1n) is 7.19. The van der Waals surface area contributed by atoms with Crippen molar-refractivity contribution in [3.63, 3.8) is 0 Å². The van der Waals surface area contributed by atoms with Crippen LogP contribution in [0.15, 0.2) is 0 Å². The lowest BCUT2D eigenvalue weighted by Crippen LogP contribution is -2.44. The van der Waals surface area contributed by atoms with Crippen molar-refractivity contribution in [3.8, 4) is 0 Å². The van der Waals surface area contributed by atoms with E-state index in [1.54, 1.807) is 4.90 Å². The van der Waals surface area contributed by atoms with Crippen LogP contribution in [-0.4, -0.2) is 46.7 Å². The second-order valence-electron chi connectivity index (χ2n) is 6.00. The normalized spacial score (nSPS) is 26.4. The number of aliphatic hydroxyl groups is 1. The summed E-state index contributed by atoms with van der Waals surface area (Å²) in [5.41, 5.74) is -0.830. The molecule has 0 aromatic carbocycles. The van der Waals surface area contributed by atoms with Crippen LogP contribution in [0.25, 0.3) is 0 Å². The maximum absolute atomic E-state index is 12.3. The summed E-state index contributed by atoms with van der Waals surface area (Å²) in [6.07, 6.45) is 5.01. The van der Waals surface area contributed by atoms with Crippen LogP contribution in [0, 0.1) is 11.3 Å². The number of hydrogen-bond donors (Lipinski definition) is 2. The summed E-state index contributed by atoms with van der Waals surface area (Å²) in [7, 11) is 0. The molecule has 5 nitrogen and oxygen atoms in total. The SMILES string of the molecule is O=C(CC1(C(=O)O)CCCC1)N1CCCC(CO)C1. The molecule has 1 amide bonds. The first-order valence-corrected chi connectivity index (χ1v) is 7.19. The molecule has 2 N–H and O–H groups in total. The Labute approximate surface area is 113 Å². The number of nitrogens with zero attached hydrogens (tertiary/aromatic N) is 1. The number of carbonyl (C=O) groups is 2. The van der Waals surface area contributed by atoms with Gasteiger partial charge in [0, 0.05) is 26.1 Å². The van der Waals surface area contributed by atoms with Gasteiger partial charge in [-0.2, -0.15) is 0 Å². The Kier molecular flexibility index (Phi) is 4.45. The molecule has 1 heterocycles. The molecule has 5 heteroatoms. The van der Waals surface area contributed by atoms with Crippen LogP contribution in [-0.2, 0) is 9.59 Å². The quantitative estimate of drug-likeness (QED) is 0.805. The van der Waals surface area contributed by atoms with Crippen LogP contribution in [0.2, 0.25) is 0 Å². The number of aliphatic hydroxyl groups excluding tert-OH is 1. The van der Waals surface area contributed by atoms with Crippen molar-refractivity contribution in [2.75, 3.05) is 19.7 Å². The largest absolute Gasteiger partial charge is 0.481 e. The van der Waals surface area contributed by atoms with Gasteiger partial charge in [-0.3, -0.25) is 9.59 Å². The fraction of sp³-hybridized carbons (Fsp3) is 0.857. The van der Waals surface area contributed by atoms with E-state index in [1.807, 2.05) is 0 Å². The fourth-order valence-corrected chi connectivity index (χ4v) is 3.36. The maximum Gasteiger partial charge on any atom is 0.310 e. The Morgan fingerprint density at radius 2 is 1.89 bits per heavy atom. The summed E-state index contributed by atoms with van der Waals surface area (Å²) in [6, 6.07) is 0. The highest BCUT2D eigenvalue weighted by Crippen LogP contribution is 2.42. The van der Waals surface area contributed by atoms with Crippen molar-refractivity contribution < 1.29 is 19.8 Å².